The Morgan fingerprint density at radius 2 is 2.08 bits per heavy atom. The Morgan fingerprint density at radius 1 is 1.27 bits per heavy atom. The number of aromatic amines is 1. The van der Waals surface area contributed by atoms with Crippen molar-refractivity contribution >= 4 is 23.4 Å². The third kappa shape index (κ3) is 2.50. The van der Waals surface area contributed by atoms with Gasteiger partial charge in [-0.2, -0.15) is 0 Å². The lowest BCUT2D eigenvalue weighted by molar-refractivity contribution is -0.763. The van der Waals surface area contributed by atoms with Crippen molar-refractivity contribution in [2.24, 2.45) is 0 Å². The zero-order valence-electron chi connectivity index (χ0n) is 14.2. The molecule has 1 amide bonds. The summed E-state index contributed by atoms with van der Waals surface area (Å²) in [4.78, 5) is 34.0. The standard InChI is InChI=1S/C18H15N5O2S/c1-11(24)22-14-8-4-3-7-13(14)15-16(25)20-18(26-2)21-23(15)17(22)12-6-5-9-19-10-12/h3-10,17H,1-2H3/p+1. The van der Waals surface area contributed by atoms with Crippen LogP contribution in [-0.4, -0.2) is 27.2 Å². The van der Waals surface area contributed by atoms with Crippen LogP contribution in [0.15, 0.2) is 58.7 Å². The average Bonchev–Trinajstić information content (AvgIpc) is 2.66. The zero-order valence-corrected chi connectivity index (χ0v) is 15.0. The molecule has 7 nitrogen and oxygen atoms in total. The Hall–Kier alpha value is -3.00. The van der Waals surface area contributed by atoms with E-state index in [1.165, 1.54) is 18.7 Å². The molecular formula is C18H16N5O2S+. The first kappa shape index (κ1) is 16.5. The molecule has 0 fully saturated rings. The Kier molecular flexibility index (Phi) is 4.04. The number of pyridine rings is 1. The summed E-state index contributed by atoms with van der Waals surface area (Å²) in [6, 6.07) is 11.0. The Balaban J connectivity index is 2.10. The number of para-hydroxylation sites is 1. The summed E-state index contributed by atoms with van der Waals surface area (Å²) >= 11 is 1.34. The first-order chi connectivity index (χ1) is 12.6. The molecule has 1 atom stereocenters. The van der Waals surface area contributed by atoms with Gasteiger partial charge < -0.3 is 0 Å². The lowest BCUT2D eigenvalue weighted by atomic mass is 10.0. The lowest BCUT2D eigenvalue weighted by Gasteiger charge is -2.31. The number of amides is 1. The van der Waals surface area contributed by atoms with Crippen LogP contribution in [0.25, 0.3) is 11.3 Å². The SMILES string of the molecule is CSc1n[n+]2c(c(=O)[nH]1)-c1ccccc1N(C(C)=O)C2c1cccnc1. The van der Waals surface area contributed by atoms with Crippen molar-refractivity contribution in [1.29, 1.82) is 0 Å². The molecule has 3 aromatic rings. The van der Waals surface area contributed by atoms with Crippen molar-refractivity contribution in [3.63, 3.8) is 0 Å². The summed E-state index contributed by atoms with van der Waals surface area (Å²) in [5.41, 5.74) is 2.30. The smallest absolute Gasteiger partial charge is 0.291 e. The molecule has 0 aliphatic carbocycles. The third-order valence-corrected chi connectivity index (χ3v) is 4.84. The average molecular weight is 366 g/mol. The predicted molar refractivity (Wildman–Crippen MR) is 97.8 cm³/mol. The fourth-order valence-electron chi connectivity index (χ4n) is 3.23. The molecule has 2 aromatic heterocycles. The zero-order chi connectivity index (χ0) is 18.3. The van der Waals surface area contributed by atoms with Gasteiger partial charge in [0.2, 0.25) is 11.1 Å². The first-order valence-corrected chi connectivity index (χ1v) is 9.23. The Labute approximate surface area is 153 Å². The van der Waals surface area contributed by atoms with E-state index in [0.29, 0.717) is 22.1 Å². The summed E-state index contributed by atoms with van der Waals surface area (Å²) in [5.74, 6) is -0.141. The summed E-state index contributed by atoms with van der Waals surface area (Å²) in [6.07, 6.45) is 4.61. The number of benzene rings is 1. The van der Waals surface area contributed by atoms with Gasteiger partial charge in [0, 0.05) is 24.4 Å². The van der Waals surface area contributed by atoms with Gasteiger partial charge >= 0.3 is 11.3 Å². The summed E-state index contributed by atoms with van der Waals surface area (Å²) in [5, 5.41) is 5.07. The number of aromatic nitrogens is 4. The summed E-state index contributed by atoms with van der Waals surface area (Å²) in [7, 11) is 0. The van der Waals surface area contributed by atoms with Gasteiger partial charge in [-0.25, -0.2) is 4.90 Å². The molecule has 1 N–H and O–H groups in total. The van der Waals surface area contributed by atoms with E-state index in [2.05, 4.69) is 15.1 Å². The molecule has 1 unspecified atom stereocenters. The fourth-order valence-corrected chi connectivity index (χ4v) is 3.60. The van der Waals surface area contributed by atoms with Crippen molar-refractivity contribution in [3.8, 4) is 11.3 Å². The molecular weight excluding hydrogens is 350 g/mol. The van der Waals surface area contributed by atoms with E-state index in [0.717, 1.165) is 5.56 Å². The van der Waals surface area contributed by atoms with Crippen LogP contribution in [0.1, 0.15) is 18.7 Å². The molecule has 130 valence electrons. The second-order valence-corrected chi connectivity index (χ2v) is 6.62. The fraction of sp³-hybridized carbons (Fsp3) is 0.167. The van der Waals surface area contributed by atoms with Crippen LogP contribution in [0.5, 0.6) is 0 Å². The molecule has 4 rings (SSSR count). The minimum absolute atomic E-state index is 0.141. The molecule has 8 heteroatoms. The second-order valence-electron chi connectivity index (χ2n) is 5.82. The van der Waals surface area contributed by atoms with Gasteiger partial charge in [-0.05, 0) is 35.2 Å². The number of H-pyrrole nitrogens is 1. The lowest BCUT2D eigenvalue weighted by Crippen LogP contribution is -2.60. The minimum atomic E-state index is -0.584. The number of nitrogens with one attached hydrogen (secondary N) is 1. The van der Waals surface area contributed by atoms with Crippen LogP contribution >= 0.6 is 11.8 Å². The number of rotatable bonds is 2. The number of hydrogen-bond acceptors (Lipinski definition) is 5. The van der Waals surface area contributed by atoms with Gasteiger partial charge in [0.15, 0.2) is 0 Å². The molecule has 0 saturated carbocycles. The van der Waals surface area contributed by atoms with Crippen molar-refractivity contribution in [2.45, 2.75) is 18.2 Å². The van der Waals surface area contributed by atoms with Crippen molar-refractivity contribution in [1.82, 2.24) is 15.1 Å². The molecule has 1 aliphatic heterocycles. The second kappa shape index (κ2) is 6.38. The molecule has 0 saturated heterocycles. The monoisotopic (exact) mass is 366 g/mol. The number of anilines is 1. The maximum absolute atomic E-state index is 12.8. The molecule has 0 bridgehead atoms. The highest BCUT2D eigenvalue weighted by Crippen LogP contribution is 2.36. The summed E-state index contributed by atoms with van der Waals surface area (Å²) < 4.78 is 1.62. The van der Waals surface area contributed by atoms with E-state index in [9.17, 15) is 9.59 Å². The van der Waals surface area contributed by atoms with Crippen LogP contribution < -0.4 is 15.1 Å². The van der Waals surface area contributed by atoms with Crippen LogP contribution in [-0.2, 0) is 4.79 Å². The van der Waals surface area contributed by atoms with Crippen molar-refractivity contribution < 1.29 is 9.48 Å². The Morgan fingerprint density at radius 3 is 2.77 bits per heavy atom. The van der Waals surface area contributed by atoms with E-state index < -0.39 is 6.17 Å². The highest BCUT2D eigenvalue weighted by Gasteiger charge is 2.44. The summed E-state index contributed by atoms with van der Waals surface area (Å²) in [6.45, 7) is 1.51. The molecule has 26 heavy (non-hydrogen) atoms. The van der Waals surface area contributed by atoms with Gasteiger partial charge in [-0.1, -0.05) is 23.9 Å². The normalized spacial score (nSPS) is 15.3. The van der Waals surface area contributed by atoms with E-state index in [1.54, 1.807) is 28.0 Å². The van der Waals surface area contributed by atoms with Crippen LogP contribution in [0.4, 0.5) is 5.69 Å². The van der Waals surface area contributed by atoms with Gasteiger partial charge in [-0.3, -0.25) is 19.6 Å². The maximum Gasteiger partial charge on any atom is 0.325 e. The number of thioether (sulfide) groups is 1. The van der Waals surface area contributed by atoms with E-state index >= 15 is 0 Å². The maximum atomic E-state index is 12.8. The van der Waals surface area contributed by atoms with Crippen molar-refractivity contribution in [2.75, 3.05) is 11.2 Å². The van der Waals surface area contributed by atoms with Crippen LogP contribution in [0, 0.1) is 0 Å². The van der Waals surface area contributed by atoms with Gasteiger partial charge in [0.25, 0.3) is 6.17 Å². The number of hydrogen-bond donors (Lipinski definition) is 1. The number of fused-ring (bicyclic) bond motifs is 3. The highest BCUT2D eigenvalue weighted by molar-refractivity contribution is 7.98. The molecule has 3 heterocycles. The molecule has 1 aliphatic rings. The van der Waals surface area contributed by atoms with E-state index in [1.807, 2.05) is 36.6 Å². The van der Waals surface area contributed by atoms with Gasteiger partial charge in [0.05, 0.1) is 16.8 Å². The topological polar surface area (TPSA) is 82.8 Å². The minimum Gasteiger partial charge on any atom is -0.291 e. The van der Waals surface area contributed by atoms with E-state index in [-0.39, 0.29) is 11.5 Å². The van der Waals surface area contributed by atoms with Crippen LogP contribution in [0.3, 0.4) is 0 Å². The largest absolute Gasteiger partial charge is 0.325 e. The molecule has 1 aromatic carbocycles. The van der Waals surface area contributed by atoms with E-state index in [4.69, 9.17) is 0 Å². The number of carbonyl (C=O) groups is 1. The van der Waals surface area contributed by atoms with Gasteiger partial charge in [-0.15, -0.1) is 0 Å². The predicted octanol–water partition coefficient (Wildman–Crippen LogP) is 1.75. The van der Waals surface area contributed by atoms with Crippen molar-refractivity contribution in [3.05, 3.63) is 64.7 Å². The molecule has 0 radical (unpaired) electrons. The highest BCUT2D eigenvalue weighted by atomic mass is 32.2. The third-order valence-electron chi connectivity index (χ3n) is 4.27. The van der Waals surface area contributed by atoms with Gasteiger partial charge in [0.1, 0.15) is 0 Å². The number of carbonyl (C=O) groups excluding carboxylic acids is 1. The number of nitrogens with zero attached hydrogens (tertiary/aromatic N) is 4. The Bertz CT molecular complexity index is 1050. The molecule has 0 spiro atoms. The first-order valence-electron chi connectivity index (χ1n) is 8.01. The quantitative estimate of drug-likeness (QED) is 0.552. The van der Waals surface area contributed by atoms with Crippen LogP contribution in [0.2, 0.25) is 0 Å².